The summed E-state index contributed by atoms with van der Waals surface area (Å²) in [5.74, 6) is 0.250. The fourth-order valence-corrected chi connectivity index (χ4v) is 2.00. The lowest BCUT2D eigenvalue weighted by atomic mass is 9.96. The zero-order chi connectivity index (χ0) is 11.5. The van der Waals surface area contributed by atoms with Gasteiger partial charge in [0.1, 0.15) is 5.75 Å². The lowest BCUT2D eigenvalue weighted by molar-refractivity contribution is 0.461. The lowest BCUT2D eigenvalue weighted by Crippen LogP contribution is -2.15. The van der Waals surface area contributed by atoms with Gasteiger partial charge in [0.2, 0.25) is 0 Å². The maximum Gasteiger partial charge on any atom is 0.120 e. The summed E-state index contributed by atoms with van der Waals surface area (Å²) in [6.45, 7) is 0.518. The first-order valence-electron chi connectivity index (χ1n) is 5.40. The molecule has 16 heavy (non-hydrogen) atoms. The van der Waals surface area contributed by atoms with Crippen molar-refractivity contribution in [3.8, 4) is 5.75 Å². The molecule has 0 unspecified atom stereocenters. The summed E-state index contributed by atoms with van der Waals surface area (Å²) in [6, 6.07) is 11.3. The number of aromatic hydroxyl groups is 1. The van der Waals surface area contributed by atoms with Crippen LogP contribution in [0.2, 0.25) is 0 Å². The van der Waals surface area contributed by atoms with Crippen LogP contribution in [0.5, 0.6) is 5.75 Å². The molecule has 0 saturated carbocycles. The molecule has 2 rings (SSSR count). The SMILES string of the molecule is NCC[C@@H](N)c1c(O)ccc2ccccc12. The number of hydrogen-bond donors (Lipinski definition) is 3. The summed E-state index contributed by atoms with van der Waals surface area (Å²) in [5.41, 5.74) is 12.3. The van der Waals surface area contributed by atoms with E-state index in [4.69, 9.17) is 11.5 Å². The van der Waals surface area contributed by atoms with E-state index in [-0.39, 0.29) is 11.8 Å². The molecule has 0 heterocycles. The van der Waals surface area contributed by atoms with E-state index in [1.54, 1.807) is 6.07 Å². The van der Waals surface area contributed by atoms with Crippen LogP contribution >= 0.6 is 0 Å². The average molecular weight is 216 g/mol. The molecular formula is C13H16N2O. The smallest absolute Gasteiger partial charge is 0.120 e. The molecule has 3 heteroatoms. The Bertz CT molecular complexity index is 496. The van der Waals surface area contributed by atoms with E-state index in [1.165, 1.54) is 0 Å². The van der Waals surface area contributed by atoms with Gasteiger partial charge in [-0.1, -0.05) is 30.3 Å². The van der Waals surface area contributed by atoms with Crippen LogP contribution in [0.25, 0.3) is 10.8 Å². The van der Waals surface area contributed by atoms with Crippen LogP contribution < -0.4 is 11.5 Å². The minimum absolute atomic E-state index is 0.212. The van der Waals surface area contributed by atoms with Gasteiger partial charge < -0.3 is 16.6 Å². The van der Waals surface area contributed by atoms with Gasteiger partial charge in [0.05, 0.1) is 0 Å². The number of phenols is 1. The Kier molecular flexibility index (Phi) is 3.08. The number of phenolic OH excluding ortho intramolecular Hbond substituents is 1. The van der Waals surface area contributed by atoms with Crippen molar-refractivity contribution in [3.63, 3.8) is 0 Å². The van der Waals surface area contributed by atoms with Crippen molar-refractivity contribution in [2.45, 2.75) is 12.5 Å². The molecule has 0 aliphatic carbocycles. The van der Waals surface area contributed by atoms with Gasteiger partial charge in [-0.3, -0.25) is 0 Å². The van der Waals surface area contributed by atoms with Gasteiger partial charge in [-0.15, -0.1) is 0 Å². The first kappa shape index (κ1) is 10.9. The van der Waals surface area contributed by atoms with Crippen molar-refractivity contribution in [1.82, 2.24) is 0 Å². The average Bonchev–Trinajstić information content (AvgIpc) is 2.29. The second kappa shape index (κ2) is 4.51. The summed E-state index contributed by atoms with van der Waals surface area (Å²) in [7, 11) is 0. The van der Waals surface area contributed by atoms with Crippen LogP contribution in [0.4, 0.5) is 0 Å². The van der Waals surface area contributed by atoms with Gasteiger partial charge in [-0.25, -0.2) is 0 Å². The van der Waals surface area contributed by atoms with Crippen LogP contribution in [-0.4, -0.2) is 11.7 Å². The Morgan fingerprint density at radius 1 is 1.12 bits per heavy atom. The number of benzene rings is 2. The molecule has 2 aromatic rings. The highest BCUT2D eigenvalue weighted by Crippen LogP contribution is 2.32. The van der Waals surface area contributed by atoms with E-state index < -0.39 is 0 Å². The zero-order valence-corrected chi connectivity index (χ0v) is 9.06. The van der Waals surface area contributed by atoms with Gasteiger partial charge in [-0.05, 0) is 29.8 Å². The molecule has 0 amide bonds. The topological polar surface area (TPSA) is 72.3 Å². The van der Waals surface area contributed by atoms with Gasteiger partial charge >= 0.3 is 0 Å². The van der Waals surface area contributed by atoms with Crippen LogP contribution in [0.1, 0.15) is 18.0 Å². The van der Waals surface area contributed by atoms with Crippen molar-refractivity contribution < 1.29 is 5.11 Å². The Morgan fingerprint density at radius 3 is 2.62 bits per heavy atom. The molecule has 0 aromatic heterocycles. The van der Waals surface area contributed by atoms with E-state index in [1.807, 2.05) is 30.3 Å². The van der Waals surface area contributed by atoms with Crippen LogP contribution in [-0.2, 0) is 0 Å². The molecular weight excluding hydrogens is 200 g/mol. The van der Waals surface area contributed by atoms with Crippen molar-refractivity contribution >= 4 is 10.8 Å². The molecule has 84 valence electrons. The molecule has 5 N–H and O–H groups in total. The molecule has 0 radical (unpaired) electrons. The van der Waals surface area contributed by atoms with Crippen LogP contribution in [0.3, 0.4) is 0 Å². The molecule has 3 nitrogen and oxygen atoms in total. The molecule has 0 saturated heterocycles. The Morgan fingerprint density at radius 2 is 1.88 bits per heavy atom. The van der Waals surface area contributed by atoms with Gasteiger partial charge in [0.15, 0.2) is 0 Å². The fourth-order valence-electron chi connectivity index (χ4n) is 2.00. The van der Waals surface area contributed by atoms with Crippen molar-refractivity contribution in [3.05, 3.63) is 42.0 Å². The summed E-state index contributed by atoms with van der Waals surface area (Å²) in [6.07, 6.45) is 0.668. The van der Waals surface area contributed by atoms with Crippen molar-refractivity contribution in [1.29, 1.82) is 0 Å². The molecule has 2 aromatic carbocycles. The fraction of sp³-hybridized carbons (Fsp3) is 0.231. The van der Waals surface area contributed by atoms with E-state index in [0.717, 1.165) is 16.3 Å². The highest BCUT2D eigenvalue weighted by Gasteiger charge is 2.13. The van der Waals surface area contributed by atoms with Crippen molar-refractivity contribution in [2.75, 3.05) is 6.54 Å². The Hall–Kier alpha value is -1.58. The molecule has 0 spiro atoms. The van der Waals surface area contributed by atoms with Crippen LogP contribution in [0.15, 0.2) is 36.4 Å². The molecule has 0 aliphatic heterocycles. The third-order valence-corrected chi connectivity index (χ3v) is 2.80. The van der Waals surface area contributed by atoms with Gasteiger partial charge in [-0.2, -0.15) is 0 Å². The second-order valence-electron chi connectivity index (χ2n) is 3.90. The highest BCUT2D eigenvalue weighted by atomic mass is 16.3. The molecule has 0 fully saturated rings. The maximum absolute atomic E-state index is 9.88. The predicted octanol–water partition coefficient (Wildman–Crippen LogP) is 1.89. The Labute approximate surface area is 94.7 Å². The standard InChI is InChI=1S/C13H16N2O/c14-8-7-11(15)13-10-4-2-1-3-9(10)5-6-12(13)16/h1-6,11,16H,7-8,14-15H2/t11-/m1/s1. The largest absolute Gasteiger partial charge is 0.508 e. The third kappa shape index (κ3) is 1.87. The van der Waals surface area contributed by atoms with Gasteiger partial charge in [0.25, 0.3) is 0 Å². The normalized spacial score (nSPS) is 12.9. The summed E-state index contributed by atoms with van der Waals surface area (Å²) in [5, 5.41) is 12.0. The maximum atomic E-state index is 9.88. The number of rotatable bonds is 3. The molecule has 0 aliphatic rings. The van der Waals surface area contributed by atoms with E-state index in [9.17, 15) is 5.11 Å². The van der Waals surface area contributed by atoms with Crippen molar-refractivity contribution in [2.24, 2.45) is 11.5 Å². The summed E-state index contributed by atoms with van der Waals surface area (Å²) in [4.78, 5) is 0. The molecule has 1 atom stereocenters. The first-order chi connectivity index (χ1) is 7.74. The zero-order valence-electron chi connectivity index (χ0n) is 9.06. The molecule has 0 bridgehead atoms. The van der Waals surface area contributed by atoms with Crippen LogP contribution in [0, 0.1) is 0 Å². The minimum Gasteiger partial charge on any atom is -0.508 e. The predicted molar refractivity (Wildman–Crippen MR) is 66.2 cm³/mol. The van der Waals surface area contributed by atoms with Gasteiger partial charge in [0, 0.05) is 11.6 Å². The first-order valence-corrected chi connectivity index (χ1v) is 5.40. The highest BCUT2D eigenvalue weighted by molar-refractivity contribution is 5.88. The second-order valence-corrected chi connectivity index (χ2v) is 3.90. The number of fused-ring (bicyclic) bond motifs is 1. The number of hydrogen-bond acceptors (Lipinski definition) is 3. The summed E-state index contributed by atoms with van der Waals surface area (Å²) < 4.78 is 0. The third-order valence-electron chi connectivity index (χ3n) is 2.80. The minimum atomic E-state index is -0.212. The number of nitrogens with two attached hydrogens (primary N) is 2. The monoisotopic (exact) mass is 216 g/mol. The van der Waals surface area contributed by atoms with E-state index in [2.05, 4.69) is 0 Å². The summed E-state index contributed by atoms with van der Waals surface area (Å²) >= 11 is 0. The van der Waals surface area contributed by atoms with E-state index >= 15 is 0 Å². The quantitative estimate of drug-likeness (QED) is 0.733. The Balaban J connectivity index is 2.61. The lowest BCUT2D eigenvalue weighted by Gasteiger charge is -2.15. The van der Waals surface area contributed by atoms with E-state index in [0.29, 0.717) is 13.0 Å².